The van der Waals surface area contributed by atoms with E-state index < -0.39 is 18.7 Å². The fraction of sp³-hybridized carbons (Fsp3) is 0.214. The topological polar surface area (TPSA) is 77.9 Å². The van der Waals surface area contributed by atoms with Crippen LogP contribution in [0.25, 0.3) is 10.9 Å². The molecule has 2 heterocycles. The van der Waals surface area contributed by atoms with Gasteiger partial charge in [-0.05, 0) is 59.5 Å². The van der Waals surface area contributed by atoms with E-state index in [1.807, 2.05) is 54.6 Å². The van der Waals surface area contributed by atoms with E-state index in [2.05, 4.69) is 25.1 Å². The zero-order valence-corrected chi connectivity index (χ0v) is 18.9. The number of aryl methyl sites for hydroxylation is 1. The average Bonchev–Trinajstić information content (AvgIpc) is 3.02. The number of pyridine rings is 1. The third-order valence-corrected chi connectivity index (χ3v) is 5.96. The number of ether oxygens (including phenoxy) is 3. The minimum Gasteiger partial charge on any atom is -0.488 e. The number of hydrogen-bond acceptors (Lipinski definition) is 5. The van der Waals surface area contributed by atoms with E-state index in [9.17, 15) is 9.90 Å². The quantitative estimate of drug-likeness (QED) is 0.399. The van der Waals surface area contributed by atoms with Gasteiger partial charge in [-0.25, -0.2) is 9.78 Å². The number of aromatic nitrogens is 1. The van der Waals surface area contributed by atoms with Crippen molar-refractivity contribution >= 4 is 16.9 Å². The van der Waals surface area contributed by atoms with Gasteiger partial charge in [-0.2, -0.15) is 0 Å². The van der Waals surface area contributed by atoms with E-state index in [0.29, 0.717) is 24.7 Å². The maximum absolute atomic E-state index is 11.2. The Labute approximate surface area is 197 Å². The number of hydrogen-bond donors (Lipinski definition) is 1. The van der Waals surface area contributed by atoms with Crippen LogP contribution in [0, 0.1) is 0 Å². The number of nitrogens with zero attached hydrogens (tertiary/aromatic N) is 1. The molecule has 0 aliphatic carbocycles. The molecule has 3 aromatic carbocycles. The SMILES string of the molecule is CCc1ccc2nc(COc3ccc4c(c3)C(OCC(=O)O)c3ccccc3CO4)ccc2c1. The zero-order chi connectivity index (χ0) is 23.5. The van der Waals surface area contributed by atoms with Crippen LogP contribution in [0.15, 0.2) is 72.8 Å². The fourth-order valence-corrected chi connectivity index (χ4v) is 4.21. The monoisotopic (exact) mass is 455 g/mol. The maximum atomic E-state index is 11.2. The van der Waals surface area contributed by atoms with Crippen molar-refractivity contribution in [3.8, 4) is 11.5 Å². The Morgan fingerprint density at radius 3 is 2.79 bits per heavy atom. The van der Waals surface area contributed by atoms with Crippen LogP contribution in [-0.4, -0.2) is 22.7 Å². The first-order valence-corrected chi connectivity index (χ1v) is 11.3. The number of carbonyl (C=O) groups is 1. The van der Waals surface area contributed by atoms with E-state index in [0.717, 1.165) is 39.7 Å². The number of aliphatic carboxylic acids is 1. The molecule has 5 rings (SSSR count). The van der Waals surface area contributed by atoms with Crippen LogP contribution in [0.4, 0.5) is 0 Å². The smallest absolute Gasteiger partial charge is 0.329 e. The Hall–Kier alpha value is -3.90. The summed E-state index contributed by atoms with van der Waals surface area (Å²) in [6.07, 6.45) is 0.421. The molecule has 1 aromatic heterocycles. The summed E-state index contributed by atoms with van der Waals surface area (Å²) in [5.74, 6) is 0.258. The first-order chi connectivity index (χ1) is 16.6. The molecule has 0 bridgehead atoms. The van der Waals surface area contributed by atoms with Gasteiger partial charge in [-0.3, -0.25) is 0 Å². The fourth-order valence-electron chi connectivity index (χ4n) is 4.21. The summed E-state index contributed by atoms with van der Waals surface area (Å²) >= 11 is 0. The molecule has 0 saturated carbocycles. The standard InChI is InChI=1S/C28H25NO5/c1-2-18-7-11-25-19(13-18)8-9-21(29-25)16-32-22-10-12-26-24(14-22)28(34-17-27(30)31)23-6-4-3-5-20(23)15-33-26/h3-14,28H,2,15-17H2,1H3,(H,30,31). The van der Waals surface area contributed by atoms with Gasteiger partial charge in [-0.15, -0.1) is 0 Å². The first kappa shape index (κ1) is 21.9. The molecule has 0 amide bonds. The minimum atomic E-state index is -1.02. The molecule has 34 heavy (non-hydrogen) atoms. The lowest BCUT2D eigenvalue weighted by Crippen LogP contribution is -2.14. The van der Waals surface area contributed by atoms with Gasteiger partial charge in [0.1, 0.15) is 37.4 Å². The van der Waals surface area contributed by atoms with Crippen LogP contribution < -0.4 is 9.47 Å². The number of fused-ring (bicyclic) bond motifs is 3. The average molecular weight is 456 g/mol. The largest absolute Gasteiger partial charge is 0.488 e. The second kappa shape index (κ2) is 9.53. The van der Waals surface area contributed by atoms with Crippen LogP contribution in [0.3, 0.4) is 0 Å². The van der Waals surface area contributed by atoms with Crippen molar-refractivity contribution < 1.29 is 24.1 Å². The van der Waals surface area contributed by atoms with Crippen molar-refractivity contribution in [1.82, 2.24) is 4.98 Å². The molecule has 1 aliphatic heterocycles. The number of benzene rings is 3. The molecule has 1 unspecified atom stereocenters. The maximum Gasteiger partial charge on any atom is 0.329 e. The van der Waals surface area contributed by atoms with Crippen molar-refractivity contribution in [2.24, 2.45) is 0 Å². The minimum absolute atomic E-state index is 0.308. The predicted octanol–water partition coefficient (Wildman–Crippen LogP) is 5.46. The summed E-state index contributed by atoms with van der Waals surface area (Å²) in [5, 5.41) is 10.3. The Morgan fingerprint density at radius 2 is 1.94 bits per heavy atom. The Morgan fingerprint density at radius 1 is 1.06 bits per heavy atom. The highest BCUT2D eigenvalue weighted by molar-refractivity contribution is 5.79. The molecular formula is C28H25NO5. The molecule has 1 atom stereocenters. The van der Waals surface area contributed by atoms with Crippen LogP contribution in [0.2, 0.25) is 0 Å². The molecular weight excluding hydrogens is 430 g/mol. The van der Waals surface area contributed by atoms with Gasteiger partial charge >= 0.3 is 5.97 Å². The second-order valence-electron chi connectivity index (χ2n) is 8.24. The van der Waals surface area contributed by atoms with Crippen LogP contribution in [0.1, 0.15) is 41.0 Å². The van der Waals surface area contributed by atoms with E-state index in [4.69, 9.17) is 19.2 Å². The van der Waals surface area contributed by atoms with Crippen LogP contribution >= 0.6 is 0 Å². The number of carboxylic acids is 1. The second-order valence-corrected chi connectivity index (χ2v) is 8.24. The lowest BCUT2D eigenvalue weighted by molar-refractivity contribution is -0.143. The number of carboxylic acid groups (broad SMARTS) is 1. The van der Waals surface area contributed by atoms with Crippen molar-refractivity contribution in [1.29, 1.82) is 0 Å². The van der Waals surface area contributed by atoms with E-state index in [1.165, 1.54) is 5.56 Å². The molecule has 172 valence electrons. The molecule has 1 aliphatic rings. The van der Waals surface area contributed by atoms with Gasteiger partial charge < -0.3 is 19.3 Å². The van der Waals surface area contributed by atoms with E-state index >= 15 is 0 Å². The van der Waals surface area contributed by atoms with Crippen molar-refractivity contribution in [2.45, 2.75) is 32.7 Å². The molecule has 1 N–H and O–H groups in total. The highest BCUT2D eigenvalue weighted by atomic mass is 16.5. The first-order valence-electron chi connectivity index (χ1n) is 11.3. The Bertz CT molecular complexity index is 1350. The van der Waals surface area contributed by atoms with E-state index in [1.54, 1.807) is 0 Å². The lowest BCUT2D eigenvalue weighted by atomic mass is 9.97. The van der Waals surface area contributed by atoms with Crippen molar-refractivity contribution in [2.75, 3.05) is 6.61 Å². The van der Waals surface area contributed by atoms with Gasteiger partial charge in [0.05, 0.1) is 11.2 Å². The van der Waals surface area contributed by atoms with Crippen LogP contribution in [-0.2, 0) is 29.2 Å². The molecule has 4 aromatic rings. The van der Waals surface area contributed by atoms with Crippen molar-refractivity contribution in [3.05, 3.63) is 101 Å². The van der Waals surface area contributed by atoms with Crippen molar-refractivity contribution in [3.63, 3.8) is 0 Å². The normalized spacial score (nSPS) is 14.6. The summed E-state index contributed by atoms with van der Waals surface area (Å²) in [7, 11) is 0. The summed E-state index contributed by atoms with van der Waals surface area (Å²) < 4.78 is 17.9. The Kier molecular flexibility index (Phi) is 6.14. The molecule has 0 saturated heterocycles. The number of rotatable bonds is 7. The third kappa shape index (κ3) is 4.58. The molecule has 6 heteroatoms. The lowest BCUT2D eigenvalue weighted by Gasteiger charge is -2.19. The van der Waals surface area contributed by atoms with Gasteiger partial charge in [0, 0.05) is 10.9 Å². The summed E-state index contributed by atoms with van der Waals surface area (Å²) in [6, 6.07) is 23.6. The molecule has 0 spiro atoms. The van der Waals surface area contributed by atoms with Crippen LogP contribution in [0.5, 0.6) is 11.5 Å². The van der Waals surface area contributed by atoms with E-state index in [-0.39, 0.29) is 0 Å². The zero-order valence-electron chi connectivity index (χ0n) is 18.9. The highest BCUT2D eigenvalue weighted by Gasteiger charge is 2.26. The van der Waals surface area contributed by atoms with Gasteiger partial charge in [0.25, 0.3) is 0 Å². The summed E-state index contributed by atoms with van der Waals surface area (Å²) in [5.41, 5.74) is 5.64. The summed E-state index contributed by atoms with van der Waals surface area (Å²) in [4.78, 5) is 15.9. The molecule has 0 radical (unpaired) electrons. The van der Waals surface area contributed by atoms with Gasteiger partial charge in [-0.1, -0.05) is 43.3 Å². The van der Waals surface area contributed by atoms with Gasteiger partial charge in [0.2, 0.25) is 0 Å². The highest BCUT2D eigenvalue weighted by Crippen LogP contribution is 2.40. The Balaban J connectivity index is 1.40. The van der Waals surface area contributed by atoms with Gasteiger partial charge in [0.15, 0.2) is 0 Å². The molecule has 6 nitrogen and oxygen atoms in total. The predicted molar refractivity (Wildman–Crippen MR) is 128 cm³/mol. The summed E-state index contributed by atoms with van der Waals surface area (Å²) in [6.45, 7) is 2.42. The molecule has 0 fully saturated rings. The third-order valence-electron chi connectivity index (χ3n) is 5.96.